The summed E-state index contributed by atoms with van der Waals surface area (Å²) < 4.78 is 0. The molecule has 0 aromatic heterocycles. The van der Waals surface area contributed by atoms with E-state index in [1.807, 2.05) is 34.6 Å². The van der Waals surface area contributed by atoms with Crippen LogP contribution in [0.25, 0.3) is 0 Å². The van der Waals surface area contributed by atoms with E-state index in [0.717, 1.165) is 6.42 Å². The molecule has 1 aliphatic heterocycles. The van der Waals surface area contributed by atoms with Crippen molar-refractivity contribution >= 4 is 29.6 Å². The van der Waals surface area contributed by atoms with Crippen LogP contribution >= 0.6 is 0 Å². The highest BCUT2D eigenvalue weighted by atomic mass is 16.2. The van der Waals surface area contributed by atoms with E-state index in [1.54, 1.807) is 18.2 Å². The molecule has 144 valence electrons. The summed E-state index contributed by atoms with van der Waals surface area (Å²) in [6, 6.07) is 4.96. The molecular weight excluding hydrogens is 332 g/mol. The fourth-order valence-electron chi connectivity index (χ4n) is 2.18. The second-order valence-electron chi connectivity index (χ2n) is 5.95. The average Bonchev–Trinajstić information content (AvgIpc) is 2.65. The number of rotatable bonds is 4. The van der Waals surface area contributed by atoms with Crippen LogP contribution in [-0.2, 0) is 9.59 Å². The number of aldehydes is 1. The molecule has 0 bridgehead atoms. The fourth-order valence-corrected chi connectivity index (χ4v) is 2.18. The SMILES string of the molecule is CC.CC1CCC(=O)NC1=O.CCC(C)C(=O)c1cccc(N)c1C=O. The number of ketones is 1. The molecule has 0 spiro atoms. The van der Waals surface area contributed by atoms with Gasteiger partial charge >= 0.3 is 0 Å². The summed E-state index contributed by atoms with van der Waals surface area (Å²) in [4.78, 5) is 43.9. The molecule has 6 heteroatoms. The standard InChI is InChI=1S/C12H15NO2.C6H9NO2.C2H6/c1-3-8(2)12(15)9-5-4-6-11(13)10(9)7-14;1-4-2-3-5(8)7-6(4)9;1-2/h4-8H,3,13H2,1-2H3;4H,2-3H2,1H3,(H,7,8,9);1-2H3. The number of imide groups is 1. The van der Waals surface area contributed by atoms with Gasteiger partial charge in [0.1, 0.15) is 0 Å². The largest absolute Gasteiger partial charge is 0.398 e. The highest BCUT2D eigenvalue weighted by molar-refractivity contribution is 6.06. The highest BCUT2D eigenvalue weighted by Crippen LogP contribution is 2.19. The van der Waals surface area contributed by atoms with Gasteiger partial charge < -0.3 is 5.73 Å². The molecule has 6 nitrogen and oxygen atoms in total. The molecule has 1 aromatic carbocycles. The predicted octanol–water partition coefficient (Wildman–Crippen LogP) is 3.40. The molecule has 1 fully saturated rings. The van der Waals surface area contributed by atoms with E-state index in [9.17, 15) is 19.2 Å². The molecule has 1 heterocycles. The number of benzene rings is 1. The molecule has 26 heavy (non-hydrogen) atoms. The minimum Gasteiger partial charge on any atom is -0.398 e. The maximum absolute atomic E-state index is 11.9. The molecule has 2 unspecified atom stereocenters. The lowest BCUT2D eigenvalue weighted by atomic mass is 9.93. The number of carbonyl (C=O) groups excluding carboxylic acids is 4. The van der Waals surface area contributed by atoms with Crippen LogP contribution in [0.5, 0.6) is 0 Å². The number of carbonyl (C=O) groups is 4. The van der Waals surface area contributed by atoms with E-state index in [1.165, 1.54) is 0 Å². The summed E-state index contributed by atoms with van der Waals surface area (Å²) in [5.74, 6) is -0.357. The topological polar surface area (TPSA) is 106 Å². The number of hydrogen-bond acceptors (Lipinski definition) is 5. The Morgan fingerprint density at radius 2 is 1.96 bits per heavy atom. The van der Waals surface area contributed by atoms with Gasteiger partial charge in [-0.3, -0.25) is 24.5 Å². The number of hydrogen-bond donors (Lipinski definition) is 2. The van der Waals surface area contributed by atoms with Gasteiger partial charge in [0.05, 0.1) is 0 Å². The van der Waals surface area contributed by atoms with Crippen molar-refractivity contribution in [2.24, 2.45) is 11.8 Å². The average molecular weight is 362 g/mol. The highest BCUT2D eigenvalue weighted by Gasteiger charge is 2.21. The lowest BCUT2D eigenvalue weighted by Gasteiger charge is -2.15. The van der Waals surface area contributed by atoms with Crippen molar-refractivity contribution in [1.82, 2.24) is 5.32 Å². The normalized spacial score (nSPS) is 16.9. The molecule has 1 aromatic rings. The maximum atomic E-state index is 11.9. The van der Waals surface area contributed by atoms with Gasteiger partial charge in [0.15, 0.2) is 12.1 Å². The molecule has 1 aliphatic rings. The van der Waals surface area contributed by atoms with Gasteiger partial charge in [0, 0.05) is 35.1 Å². The van der Waals surface area contributed by atoms with Crippen LogP contribution in [0.4, 0.5) is 5.69 Å². The van der Waals surface area contributed by atoms with E-state index in [4.69, 9.17) is 5.73 Å². The Kier molecular flexibility index (Phi) is 10.8. The van der Waals surface area contributed by atoms with Gasteiger partial charge in [-0.1, -0.05) is 46.8 Å². The van der Waals surface area contributed by atoms with Gasteiger partial charge in [0.2, 0.25) is 11.8 Å². The van der Waals surface area contributed by atoms with E-state index in [0.29, 0.717) is 35.9 Å². The smallest absolute Gasteiger partial charge is 0.229 e. The lowest BCUT2D eigenvalue weighted by molar-refractivity contribution is -0.135. The third kappa shape index (κ3) is 6.78. The van der Waals surface area contributed by atoms with Crippen LogP contribution in [0, 0.1) is 11.8 Å². The molecule has 0 saturated carbocycles. The zero-order valence-corrected chi connectivity index (χ0v) is 16.3. The molecule has 1 saturated heterocycles. The number of anilines is 1. The lowest BCUT2D eigenvalue weighted by Crippen LogP contribution is -2.39. The van der Waals surface area contributed by atoms with Gasteiger partial charge in [0.25, 0.3) is 0 Å². The Morgan fingerprint density at radius 3 is 2.42 bits per heavy atom. The second kappa shape index (κ2) is 12.0. The van der Waals surface area contributed by atoms with Gasteiger partial charge in [-0.25, -0.2) is 0 Å². The maximum Gasteiger partial charge on any atom is 0.229 e. The van der Waals surface area contributed by atoms with Crippen molar-refractivity contribution in [2.75, 3.05) is 5.73 Å². The van der Waals surface area contributed by atoms with Crippen LogP contribution in [-0.4, -0.2) is 23.9 Å². The first-order valence-electron chi connectivity index (χ1n) is 9.03. The molecule has 2 rings (SSSR count). The molecule has 3 N–H and O–H groups in total. The molecule has 0 radical (unpaired) electrons. The van der Waals surface area contributed by atoms with E-state index in [-0.39, 0.29) is 29.4 Å². The number of nitrogen functional groups attached to an aromatic ring is 1. The van der Waals surface area contributed by atoms with Crippen molar-refractivity contribution in [1.29, 1.82) is 0 Å². The zero-order chi connectivity index (χ0) is 20.3. The first kappa shape index (κ1) is 23.5. The number of amides is 2. The number of nitrogens with two attached hydrogens (primary N) is 1. The van der Waals surface area contributed by atoms with Crippen molar-refractivity contribution in [2.45, 2.75) is 53.9 Å². The molecule has 2 atom stereocenters. The first-order chi connectivity index (χ1) is 12.3. The molecule has 2 amide bonds. The number of Topliss-reactive ketones (excluding diaryl/α,β-unsaturated/α-hetero) is 1. The second-order valence-corrected chi connectivity index (χ2v) is 5.95. The summed E-state index contributed by atoms with van der Waals surface area (Å²) in [5, 5.41) is 2.25. The Bertz CT molecular complexity index is 641. The van der Waals surface area contributed by atoms with Crippen molar-refractivity contribution in [3.8, 4) is 0 Å². The Labute approximate surface area is 155 Å². The van der Waals surface area contributed by atoms with Crippen LogP contribution in [0.2, 0.25) is 0 Å². The van der Waals surface area contributed by atoms with E-state index in [2.05, 4.69) is 5.32 Å². The Balaban J connectivity index is 0.000000484. The summed E-state index contributed by atoms with van der Waals surface area (Å²) in [6.07, 6.45) is 2.59. The summed E-state index contributed by atoms with van der Waals surface area (Å²) in [6.45, 7) is 9.61. The first-order valence-corrected chi connectivity index (χ1v) is 9.03. The van der Waals surface area contributed by atoms with Gasteiger partial charge in [-0.2, -0.15) is 0 Å². The Hall–Kier alpha value is -2.50. The third-order valence-corrected chi connectivity index (χ3v) is 4.10. The van der Waals surface area contributed by atoms with Crippen molar-refractivity contribution in [3.05, 3.63) is 29.3 Å². The number of nitrogens with one attached hydrogen (secondary N) is 1. The Morgan fingerprint density at radius 1 is 1.35 bits per heavy atom. The molecular formula is C20H30N2O4. The predicted molar refractivity (Wildman–Crippen MR) is 103 cm³/mol. The monoisotopic (exact) mass is 362 g/mol. The zero-order valence-electron chi connectivity index (χ0n) is 16.3. The van der Waals surface area contributed by atoms with Crippen molar-refractivity contribution < 1.29 is 19.2 Å². The van der Waals surface area contributed by atoms with E-state index < -0.39 is 0 Å². The third-order valence-electron chi connectivity index (χ3n) is 4.10. The number of piperidine rings is 1. The van der Waals surface area contributed by atoms with Crippen LogP contribution in [0.3, 0.4) is 0 Å². The minimum atomic E-state index is -0.141. The quantitative estimate of drug-likeness (QED) is 0.369. The summed E-state index contributed by atoms with van der Waals surface area (Å²) >= 11 is 0. The van der Waals surface area contributed by atoms with Crippen LogP contribution < -0.4 is 11.1 Å². The van der Waals surface area contributed by atoms with Crippen molar-refractivity contribution in [3.63, 3.8) is 0 Å². The van der Waals surface area contributed by atoms with Crippen LogP contribution in [0.15, 0.2) is 18.2 Å². The molecule has 0 aliphatic carbocycles. The fraction of sp³-hybridized carbons (Fsp3) is 0.500. The van der Waals surface area contributed by atoms with Gasteiger partial charge in [-0.15, -0.1) is 0 Å². The minimum absolute atomic E-state index is 0.0164. The van der Waals surface area contributed by atoms with E-state index >= 15 is 0 Å². The van der Waals surface area contributed by atoms with Gasteiger partial charge in [-0.05, 0) is 18.9 Å². The summed E-state index contributed by atoms with van der Waals surface area (Å²) in [7, 11) is 0. The van der Waals surface area contributed by atoms with Crippen LogP contribution in [0.1, 0.15) is 74.6 Å². The summed E-state index contributed by atoms with van der Waals surface area (Å²) in [5.41, 5.74) is 6.73.